The van der Waals surface area contributed by atoms with Crippen LogP contribution in [0.2, 0.25) is 5.02 Å². The molecule has 1 aromatic carbocycles. The molecule has 1 aromatic rings. The van der Waals surface area contributed by atoms with Crippen molar-refractivity contribution in [2.24, 2.45) is 0 Å². The Morgan fingerprint density at radius 1 is 1.36 bits per heavy atom. The highest BCUT2D eigenvalue weighted by Crippen LogP contribution is 2.25. The molecule has 1 atom stereocenters. The van der Waals surface area contributed by atoms with Crippen LogP contribution < -0.4 is 5.32 Å². The Labute approximate surface area is 136 Å². The zero-order chi connectivity index (χ0) is 15.5. The number of ether oxygens (including phenoxy) is 1. The van der Waals surface area contributed by atoms with Crippen LogP contribution in [-0.2, 0) is 16.1 Å². The average Bonchev–Trinajstić information content (AvgIpc) is 2.93. The van der Waals surface area contributed by atoms with Gasteiger partial charge in [0.15, 0.2) is 0 Å². The van der Waals surface area contributed by atoms with E-state index in [0.717, 1.165) is 43.8 Å². The molecule has 1 saturated carbocycles. The van der Waals surface area contributed by atoms with Gasteiger partial charge in [0.05, 0.1) is 12.1 Å². The summed E-state index contributed by atoms with van der Waals surface area (Å²) in [5, 5.41) is 3.91. The zero-order valence-corrected chi connectivity index (χ0v) is 13.7. The number of carbonyl (C=O) groups is 1. The second kappa shape index (κ2) is 6.99. The van der Waals surface area contributed by atoms with E-state index in [2.05, 4.69) is 10.2 Å². The Bertz CT molecular complexity index is 514. The van der Waals surface area contributed by atoms with E-state index in [0.29, 0.717) is 6.10 Å². The van der Waals surface area contributed by atoms with Crippen LogP contribution in [0.15, 0.2) is 24.3 Å². The lowest BCUT2D eigenvalue weighted by Gasteiger charge is -2.36. The maximum atomic E-state index is 12.5. The molecule has 1 heterocycles. The minimum Gasteiger partial charge on any atom is -0.381 e. The molecule has 3 rings (SSSR count). The van der Waals surface area contributed by atoms with Crippen molar-refractivity contribution in [1.82, 2.24) is 10.2 Å². The van der Waals surface area contributed by atoms with E-state index in [1.54, 1.807) is 7.11 Å². The number of methoxy groups -OCH3 is 1. The Hall–Kier alpha value is -1.10. The van der Waals surface area contributed by atoms with Gasteiger partial charge in [-0.05, 0) is 49.9 Å². The topological polar surface area (TPSA) is 41.6 Å². The van der Waals surface area contributed by atoms with E-state index < -0.39 is 0 Å². The fourth-order valence-electron chi connectivity index (χ4n) is 3.31. The van der Waals surface area contributed by atoms with E-state index in [1.165, 1.54) is 5.56 Å². The molecular formula is C17H23ClN2O2. The molecule has 1 aliphatic carbocycles. The van der Waals surface area contributed by atoms with E-state index in [4.69, 9.17) is 16.3 Å². The van der Waals surface area contributed by atoms with Gasteiger partial charge in [-0.2, -0.15) is 0 Å². The van der Waals surface area contributed by atoms with Crippen LogP contribution in [0.25, 0.3) is 0 Å². The summed E-state index contributed by atoms with van der Waals surface area (Å²) in [6.45, 7) is 1.78. The van der Waals surface area contributed by atoms with Crippen molar-refractivity contribution in [3.05, 3.63) is 34.9 Å². The largest absolute Gasteiger partial charge is 0.381 e. The molecule has 1 aliphatic heterocycles. The normalized spacial score (nSPS) is 28.4. The third-order valence-corrected chi connectivity index (χ3v) is 4.99. The van der Waals surface area contributed by atoms with Gasteiger partial charge in [0.2, 0.25) is 5.91 Å². The third-order valence-electron chi connectivity index (χ3n) is 4.74. The lowest BCUT2D eigenvalue weighted by atomic mass is 9.89. The van der Waals surface area contributed by atoms with Crippen LogP contribution in [0.3, 0.4) is 0 Å². The van der Waals surface area contributed by atoms with E-state index >= 15 is 0 Å². The summed E-state index contributed by atoms with van der Waals surface area (Å²) in [5.41, 5.74) is 1.20. The van der Waals surface area contributed by atoms with Gasteiger partial charge in [0.1, 0.15) is 0 Å². The molecule has 120 valence electrons. The molecule has 1 N–H and O–H groups in total. The predicted octanol–water partition coefficient (Wildman–Crippen LogP) is 2.60. The van der Waals surface area contributed by atoms with Gasteiger partial charge in [-0.15, -0.1) is 0 Å². The summed E-state index contributed by atoms with van der Waals surface area (Å²) in [5.74, 6) is 0.172. The van der Waals surface area contributed by atoms with E-state index in [1.807, 2.05) is 24.3 Å². The van der Waals surface area contributed by atoms with Crippen molar-refractivity contribution in [3.8, 4) is 0 Å². The van der Waals surface area contributed by atoms with Crippen LogP contribution in [0.4, 0.5) is 0 Å². The Morgan fingerprint density at radius 3 is 2.77 bits per heavy atom. The summed E-state index contributed by atoms with van der Waals surface area (Å²) >= 11 is 5.92. The molecule has 4 nitrogen and oxygen atoms in total. The minimum atomic E-state index is -0.00253. The lowest BCUT2D eigenvalue weighted by molar-refractivity contribution is -0.128. The highest BCUT2D eigenvalue weighted by Gasteiger charge is 2.35. The van der Waals surface area contributed by atoms with E-state index in [9.17, 15) is 4.79 Å². The predicted molar refractivity (Wildman–Crippen MR) is 86.8 cm³/mol. The number of rotatable bonds is 5. The van der Waals surface area contributed by atoms with Crippen molar-refractivity contribution in [3.63, 3.8) is 0 Å². The van der Waals surface area contributed by atoms with Crippen molar-refractivity contribution in [2.45, 2.75) is 50.4 Å². The second-order valence-electron chi connectivity index (χ2n) is 6.29. The Kier molecular flexibility index (Phi) is 5.01. The van der Waals surface area contributed by atoms with Crippen LogP contribution in [0.5, 0.6) is 0 Å². The SMILES string of the molecule is COC1CC(NC(=O)C2CCCN2Cc2ccc(Cl)cc2)C1. The van der Waals surface area contributed by atoms with Crippen LogP contribution in [-0.4, -0.2) is 42.6 Å². The third kappa shape index (κ3) is 3.62. The number of halogens is 1. The van der Waals surface area contributed by atoms with Crippen molar-refractivity contribution < 1.29 is 9.53 Å². The van der Waals surface area contributed by atoms with Gasteiger partial charge >= 0.3 is 0 Å². The molecular weight excluding hydrogens is 300 g/mol. The van der Waals surface area contributed by atoms with Crippen LogP contribution in [0.1, 0.15) is 31.2 Å². The number of nitrogens with one attached hydrogen (secondary N) is 1. The summed E-state index contributed by atoms with van der Waals surface area (Å²) in [6, 6.07) is 8.16. The van der Waals surface area contributed by atoms with E-state index in [-0.39, 0.29) is 18.0 Å². The monoisotopic (exact) mass is 322 g/mol. The molecule has 1 unspecified atom stereocenters. The summed E-state index contributed by atoms with van der Waals surface area (Å²) in [6.07, 6.45) is 4.22. The van der Waals surface area contributed by atoms with Crippen molar-refractivity contribution >= 4 is 17.5 Å². The first kappa shape index (κ1) is 15.8. The highest BCUT2D eigenvalue weighted by atomic mass is 35.5. The smallest absolute Gasteiger partial charge is 0.237 e. The summed E-state index contributed by atoms with van der Waals surface area (Å²) in [4.78, 5) is 14.8. The number of amides is 1. The quantitative estimate of drug-likeness (QED) is 0.906. The maximum Gasteiger partial charge on any atom is 0.237 e. The number of carbonyl (C=O) groups excluding carboxylic acids is 1. The second-order valence-corrected chi connectivity index (χ2v) is 6.73. The van der Waals surface area contributed by atoms with Crippen LogP contribution >= 0.6 is 11.6 Å². The van der Waals surface area contributed by atoms with Gasteiger partial charge in [-0.1, -0.05) is 23.7 Å². The average molecular weight is 323 g/mol. The Morgan fingerprint density at radius 2 is 2.09 bits per heavy atom. The number of nitrogens with zero attached hydrogens (tertiary/aromatic N) is 1. The lowest BCUT2D eigenvalue weighted by Crippen LogP contribution is -2.52. The summed E-state index contributed by atoms with van der Waals surface area (Å²) in [7, 11) is 1.73. The molecule has 2 fully saturated rings. The van der Waals surface area contributed by atoms with Gasteiger partial charge < -0.3 is 10.1 Å². The first-order valence-electron chi connectivity index (χ1n) is 7.97. The molecule has 0 spiro atoms. The van der Waals surface area contributed by atoms with Gasteiger partial charge in [0.25, 0.3) is 0 Å². The van der Waals surface area contributed by atoms with Gasteiger partial charge in [-0.25, -0.2) is 0 Å². The van der Waals surface area contributed by atoms with Gasteiger partial charge in [-0.3, -0.25) is 9.69 Å². The molecule has 2 aliphatic rings. The first-order chi connectivity index (χ1) is 10.7. The van der Waals surface area contributed by atoms with Crippen molar-refractivity contribution in [2.75, 3.05) is 13.7 Å². The minimum absolute atomic E-state index is 0.00253. The van der Waals surface area contributed by atoms with Crippen molar-refractivity contribution in [1.29, 1.82) is 0 Å². The number of likely N-dealkylation sites (tertiary alicyclic amines) is 1. The number of benzene rings is 1. The molecule has 5 heteroatoms. The number of hydrogen-bond acceptors (Lipinski definition) is 3. The molecule has 1 saturated heterocycles. The van der Waals surface area contributed by atoms with Crippen LogP contribution in [0, 0.1) is 0 Å². The number of hydrogen-bond donors (Lipinski definition) is 1. The first-order valence-corrected chi connectivity index (χ1v) is 8.35. The molecule has 1 amide bonds. The summed E-state index contributed by atoms with van der Waals surface area (Å²) < 4.78 is 5.26. The molecule has 0 bridgehead atoms. The standard InChI is InChI=1S/C17H23ClN2O2/c1-22-15-9-14(10-15)19-17(21)16-3-2-8-20(16)11-12-4-6-13(18)7-5-12/h4-7,14-16H,2-3,8-11H2,1H3,(H,19,21). The maximum absolute atomic E-state index is 12.5. The zero-order valence-electron chi connectivity index (χ0n) is 12.9. The highest BCUT2D eigenvalue weighted by molar-refractivity contribution is 6.30. The molecule has 0 aromatic heterocycles. The fourth-order valence-corrected chi connectivity index (χ4v) is 3.44. The van der Waals surface area contributed by atoms with Gasteiger partial charge in [0, 0.05) is 24.7 Å². The Balaban J connectivity index is 1.53. The molecule has 22 heavy (non-hydrogen) atoms. The molecule has 0 radical (unpaired) electrons. The fraction of sp³-hybridized carbons (Fsp3) is 0.588.